The van der Waals surface area contributed by atoms with Crippen LogP contribution >= 0.6 is 0 Å². The quantitative estimate of drug-likeness (QED) is 0.756. The van der Waals surface area contributed by atoms with E-state index in [0.29, 0.717) is 24.5 Å². The molecule has 6 nitrogen and oxygen atoms in total. The molecular weight excluding hydrogens is 306 g/mol. The van der Waals surface area contributed by atoms with Crippen LogP contribution in [0.15, 0.2) is 28.7 Å². The zero-order valence-electron chi connectivity index (χ0n) is 14.6. The van der Waals surface area contributed by atoms with Gasteiger partial charge in [-0.2, -0.15) is 0 Å². The second-order valence-electron chi connectivity index (χ2n) is 6.69. The lowest BCUT2D eigenvalue weighted by Gasteiger charge is -2.23. The molecule has 130 valence electrons. The minimum absolute atomic E-state index is 0.104. The van der Waals surface area contributed by atoms with Crippen LogP contribution in [-0.2, 0) is 0 Å². The van der Waals surface area contributed by atoms with Gasteiger partial charge in [-0.1, -0.05) is 19.9 Å². The molecule has 24 heavy (non-hydrogen) atoms. The molecule has 1 aromatic carbocycles. The first-order chi connectivity index (χ1) is 11.3. The predicted octanol–water partition coefficient (Wildman–Crippen LogP) is 3.49. The fraction of sp³-hybridized carbons (Fsp3) is 0.444. The number of hydrogen-bond donors (Lipinski definition) is 3. The molecule has 0 saturated heterocycles. The Morgan fingerprint density at radius 3 is 2.71 bits per heavy atom. The number of nitrogens with zero attached hydrogens (tertiary/aromatic N) is 1. The smallest absolute Gasteiger partial charge is 0.319 e. The maximum Gasteiger partial charge on any atom is 0.319 e. The predicted molar refractivity (Wildman–Crippen MR) is 93.9 cm³/mol. The number of carbonyl (C=O) groups is 1. The van der Waals surface area contributed by atoms with E-state index in [4.69, 9.17) is 9.52 Å². The van der Waals surface area contributed by atoms with Gasteiger partial charge < -0.3 is 20.2 Å². The third-order valence-electron chi connectivity index (χ3n) is 3.91. The third kappa shape index (κ3) is 4.83. The van der Waals surface area contributed by atoms with Crippen LogP contribution < -0.4 is 10.6 Å². The average molecular weight is 331 g/mol. The maximum absolute atomic E-state index is 12.0. The number of aryl methyl sites for hydroxylation is 2. The molecule has 1 heterocycles. The summed E-state index contributed by atoms with van der Waals surface area (Å²) in [6.07, 6.45) is 0.631. The molecule has 0 aliphatic carbocycles. The number of aromatic nitrogens is 1. The maximum atomic E-state index is 12.0. The minimum Gasteiger partial charge on any atom is -0.441 e. The van der Waals surface area contributed by atoms with Crippen molar-refractivity contribution in [3.8, 4) is 11.5 Å². The van der Waals surface area contributed by atoms with Crippen LogP contribution in [0.2, 0.25) is 0 Å². The Morgan fingerprint density at radius 2 is 2.08 bits per heavy atom. The molecule has 0 aliphatic heterocycles. The molecule has 2 amide bonds. The van der Waals surface area contributed by atoms with E-state index in [-0.39, 0.29) is 18.1 Å². The lowest BCUT2D eigenvalue weighted by atomic mass is 9.90. The Hall–Kier alpha value is -2.34. The number of urea groups is 1. The van der Waals surface area contributed by atoms with Crippen LogP contribution in [0.5, 0.6) is 0 Å². The minimum atomic E-state index is -0.280. The van der Waals surface area contributed by atoms with Crippen LogP contribution in [0.4, 0.5) is 10.5 Å². The lowest BCUT2D eigenvalue weighted by molar-refractivity contribution is 0.204. The van der Waals surface area contributed by atoms with Crippen molar-refractivity contribution < 1.29 is 14.3 Å². The van der Waals surface area contributed by atoms with Gasteiger partial charge in [-0.05, 0) is 43.9 Å². The molecule has 1 aromatic heterocycles. The number of aliphatic hydroxyl groups is 1. The van der Waals surface area contributed by atoms with Gasteiger partial charge in [-0.15, -0.1) is 0 Å². The van der Waals surface area contributed by atoms with Gasteiger partial charge in [0.2, 0.25) is 5.89 Å². The van der Waals surface area contributed by atoms with E-state index >= 15 is 0 Å². The standard InChI is InChI=1S/C18H25N3O3/c1-12-13(2)24-16(20-12)14-6-5-7-15(10-14)21-17(23)19-11-18(3,4)8-9-22/h5-7,10,22H,8-9,11H2,1-4H3,(H2,19,21,23). The molecular formula is C18H25N3O3. The highest BCUT2D eigenvalue weighted by molar-refractivity contribution is 5.89. The molecule has 3 N–H and O–H groups in total. The number of hydrogen-bond acceptors (Lipinski definition) is 4. The van der Waals surface area contributed by atoms with E-state index in [2.05, 4.69) is 15.6 Å². The van der Waals surface area contributed by atoms with Gasteiger partial charge in [-0.3, -0.25) is 0 Å². The monoisotopic (exact) mass is 331 g/mol. The number of anilines is 1. The van der Waals surface area contributed by atoms with Crippen molar-refractivity contribution in [3.63, 3.8) is 0 Å². The second-order valence-corrected chi connectivity index (χ2v) is 6.69. The SMILES string of the molecule is Cc1nc(-c2cccc(NC(=O)NCC(C)(C)CCO)c2)oc1C. The molecule has 0 atom stereocenters. The molecule has 0 unspecified atom stereocenters. The first-order valence-electron chi connectivity index (χ1n) is 8.01. The van der Waals surface area contributed by atoms with E-state index in [1.54, 1.807) is 0 Å². The second kappa shape index (κ2) is 7.49. The summed E-state index contributed by atoms with van der Waals surface area (Å²) in [6.45, 7) is 8.35. The molecule has 0 aliphatic rings. The van der Waals surface area contributed by atoms with Crippen LogP contribution in [0.25, 0.3) is 11.5 Å². The number of amides is 2. The summed E-state index contributed by atoms with van der Waals surface area (Å²) in [5.41, 5.74) is 2.18. The van der Waals surface area contributed by atoms with Crippen LogP contribution in [-0.4, -0.2) is 29.3 Å². The summed E-state index contributed by atoms with van der Waals surface area (Å²) in [6, 6.07) is 7.08. The zero-order chi connectivity index (χ0) is 17.7. The van der Waals surface area contributed by atoms with Gasteiger partial charge in [0.15, 0.2) is 0 Å². The van der Waals surface area contributed by atoms with Crippen LogP contribution in [0.3, 0.4) is 0 Å². The Morgan fingerprint density at radius 1 is 1.33 bits per heavy atom. The highest BCUT2D eigenvalue weighted by Crippen LogP contribution is 2.24. The van der Waals surface area contributed by atoms with Crippen molar-refractivity contribution >= 4 is 11.7 Å². The summed E-state index contributed by atoms with van der Waals surface area (Å²) in [7, 11) is 0. The molecule has 0 spiro atoms. The highest BCUT2D eigenvalue weighted by atomic mass is 16.4. The molecule has 0 radical (unpaired) electrons. The Labute approximate surface area is 142 Å². The summed E-state index contributed by atoms with van der Waals surface area (Å²) < 4.78 is 5.62. The van der Waals surface area contributed by atoms with Gasteiger partial charge in [0, 0.05) is 24.4 Å². The fourth-order valence-corrected chi connectivity index (χ4v) is 2.21. The van der Waals surface area contributed by atoms with Crippen molar-refractivity contribution in [2.45, 2.75) is 34.1 Å². The van der Waals surface area contributed by atoms with Crippen molar-refractivity contribution in [2.24, 2.45) is 5.41 Å². The number of aliphatic hydroxyl groups excluding tert-OH is 1. The van der Waals surface area contributed by atoms with Crippen LogP contribution in [0, 0.1) is 19.3 Å². The summed E-state index contributed by atoms with van der Waals surface area (Å²) in [5, 5.41) is 14.7. The summed E-state index contributed by atoms with van der Waals surface area (Å²) in [4.78, 5) is 16.4. The molecule has 0 saturated carbocycles. The number of oxazole rings is 1. The summed E-state index contributed by atoms with van der Waals surface area (Å²) in [5.74, 6) is 1.32. The van der Waals surface area contributed by atoms with Gasteiger partial charge in [0.1, 0.15) is 5.76 Å². The van der Waals surface area contributed by atoms with E-state index in [1.807, 2.05) is 52.0 Å². The van der Waals surface area contributed by atoms with E-state index in [0.717, 1.165) is 17.0 Å². The number of rotatable bonds is 6. The number of nitrogens with one attached hydrogen (secondary N) is 2. The van der Waals surface area contributed by atoms with E-state index < -0.39 is 0 Å². The molecule has 2 aromatic rings. The first-order valence-corrected chi connectivity index (χ1v) is 8.01. The van der Waals surface area contributed by atoms with E-state index in [1.165, 1.54) is 0 Å². The van der Waals surface area contributed by atoms with E-state index in [9.17, 15) is 4.79 Å². The Bertz CT molecular complexity index is 688. The van der Waals surface area contributed by atoms with Gasteiger partial charge in [0.25, 0.3) is 0 Å². The van der Waals surface area contributed by atoms with Gasteiger partial charge >= 0.3 is 6.03 Å². The third-order valence-corrected chi connectivity index (χ3v) is 3.91. The molecule has 2 rings (SSSR count). The molecule has 6 heteroatoms. The topological polar surface area (TPSA) is 87.4 Å². The number of benzene rings is 1. The highest BCUT2D eigenvalue weighted by Gasteiger charge is 2.18. The van der Waals surface area contributed by atoms with Crippen molar-refractivity contribution in [1.82, 2.24) is 10.3 Å². The molecule has 0 fully saturated rings. The van der Waals surface area contributed by atoms with Gasteiger partial charge in [-0.25, -0.2) is 9.78 Å². The summed E-state index contributed by atoms with van der Waals surface area (Å²) >= 11 is 0. The Balaban J connectivity index is 2.00. The average Bonchev–Trinajstić information content (AvgIpc) is 2.85. The zero-order valence-corrected chi connectivity index (χ0v) is 14.6. The molecule has 0 bridgehead atoms. The Kier molecular flexibility index (Phi) is 5.62. The van der Waals surface area contributed by atoms with Crippen molar-refractivity contribution in [3.05, 3.63) is 35.7 Å². The van der Waals surface area contributed by atoms with Crippen LogP contribution in [0.1, 0.15) is 31.7 Å². The lowest BCUT2D eigenvalue weighted by Crippen LogP contribution is -2.37. The van der Waals surface area contributed by atoms with Gasteiger partial charge in [0.05, 0.1) is 5.69 Å². The normalized spacial score (nSPS) is 11.4. The largest absolute Gasteiger partial charge is 0.441 e. The number of carbonyl (C=O) groups excluding carboxylic acids is 1. The fourth-order valence-electron chi connectivity index (χ4n) is 2.21. The first kappa shape index (κ1) is 18.0. The van der Waals surface area contributed by atoms with Crippen molar-refractivity contribution in [2.75, 3.05) is 18.5 Å². The van der Waals surface area contributed by atoms with Crippen molar-refractivity contribution in [1.29, 1.82) is 0 Å².